The van der Waals surface area contributed by atoms with E-state index in [1.165, 1.54) is 12.1 Å². The summed E-state index contributed by atoms with van der Waals surface area (Å²) in [6.45, 7) is 0.461. The van der Waals surface area contributed by atoms with E-state index in [0.717, 1.165) is 5.56 Å². The van der Waals surface area contributed by atoms with Gasteiger partial charge >= 0.3 is 0 Å². The van der Waals surface area contributed by atoms with Gasteiger partial charge in [0, 0.05) is 11.2 Å². The first-order chi connectivity index (χ1) is 12.0. The van der Waals surface area contributed by atoms with Crippen LogP contribution in [0, 0.1) is 5.82 Å². The van der Waals surface area contributed by atoms with Crippen molar-refractivity contribution in [3.05, 3.63) is 76.3 Å². The predicted molar refractivity (Wildman–Crippen MR) is 104 cm³/mol. The monoisotopic (exact) mass is 394 g/mol. The Labute approximate surface area is 159 Å². The third-order valence-electron chi connectivity index (χ3n) is 3.30. The standard InChI is InChI=1S/C17H13Cl2FN4S/c18-12-4-5-16(15(19)7-12)23-17(25)22-14-8-21-24(10-14)9-11-2-1-3-13(20)6-11/h1-8,10H,9H2,(H2,22,23,25). The zero-order valence-electron chi connectivity index (χ0n) is 12.8. The molecule has 3 aromatic rings. The normalized spacial score (nSPS) is 10.5. The van der Waals surface area contributed by atoms with E-state index < -0.39 is 0 Å². The van der Waals surface area contributed by atoms with Crippen molar-refractivity contribution < 1.29 is 4.39 Å². The summed E-state index contributed by atoms with van der Waals surface area (Å²) in [7, 11) is 0. The Bertz CT molecular complexity index is 913. The molecule has 2 aromatic carbocycles. The number of nitrogens with one attached hydrogen (secondary N) is 2. The number of hydrogen-bond acceptors (Lipinski definition) is 2. The van der Waals surface area contributed by atoms with E-state index >= 15 is 0 Å². The summed E-state index contributed by atoms with van der Waals surface area (Å²) in [5, 5.41) is 11.6. The van der Waals surface area contributed by atoms with Crippen LogP contribution in [-0.4, -0.2) is 14.9 Å². The molecule has 0 unspecified atom stereocenters. The second-order valence-electron chi connectivity index (χ2n) is 5.26. The first kappa shape index (κ1) is 17.7. The van der Waals surface area contributed by atoms with Crippen molar-refractivity contribution >= 4 is 51.9 Å². The third-order valence-corrected chi connectivity index (χ3v) is 4.06. The van der Waals surface area contributed by atoms with Crippen LogP contribution < -0.4 is 10.6 Å². The van der Waals surface area contributed by atoms with Crippen molar-refractivity contribution in [2.24, 2.45) is 0 Å². The van der Waals surface area contributed by atoms with Crippen LogP contribution in [0.15, 0.2) is 54.9 Å². The topological polar surface area (TPSA) is 41.9 Å². The number of thiocarbonyl (C=S) groups is 1. The van der Waals surface area contributed by atoms with Gasteiger partial charge in [-0.25, -0.2) is 4.39 Å². The largest absolute Gasteiger partial charge is 0.331 e. The van der Waals surface area contributed by atoms with Crippen molar-refractivity contribution in [1.82, 2.24) is 9.78 Å². The molecule has 0 fully saturated rings. The second-order valence-corrected chi connectivity index (χ2v) is 6.51. The lowest BCUT2D eigenvalue weighted by Gasteiger charge is -2.10. The fourth-order valence-electron chi connectivity index (χ4n) is 2.21. The summed E-state index contributed by atoms with van der Waals surface area (Å²) >= 11 is 17.2. The summed E-state index contributed by atoms with van der Waals surface area (Å²) in [4.78, 5) is 0. The first-order valence-electron chi connectivity index (χ1n) is 7.29. The Kier molecular flexibility index (Phi) is 5.53. The highest BCUT2D eigenvalue weighted by atomic mass is 35.5. The molecule has 0 radical (unpaired) electrons. The van der Waals surface area contributed by atoms with Gasteiger partial charge in [-0.05, 0) is 48.1 Å². The smallest absolute Gasteiger partial charge is 0.175 e. The van der Waals surface area contributed by atoms with Crippen LogP contribution in [0.3, 0.4) is 0 Å². The molecule has 0 spiro atoms. The van der Waals surface area contributed by atoms with Gasteiger partial charge in [-0.15, -0.1) is 0 Å². The van der Waals surface area contributed by atoms with Crippen LogP contribution in [0.2, 0.25) is 10.0 Å². The molecule has 3 rings (SSSR count). The van der Waals surface area contributed by atoms with Gasteiger partial charge in [0.05, 0.1) is 29.1 Å². The van der Waals surface area contributed by atoms with E-state index in [4.69, 9.17) is 35.4 Å². The zero-order valence-corrected chi connectivity index (χ0v) is 15.2. The average molecular weight is 395 g/mol. The summed E-state index contributed by atoms with van der Waals surface area (Å²) in [5.41, 5.74) is 2.18. The number of benzene rings is 2. The van der Waals surface area contributed by atoms with Gasteiger partial charge in [-0.3, -0.25) is 4.68 Å². The molecular weight excluding hydrogens is 382 g/mol. The molecule has 0 atom stereocenters. The molecule has 0 aliphatic carbocycles. The van der Waals surface area contributed by atoms with Crippen LogP contribution >= 0.6 is 35.4 Å². The highest BCUT2D eigenvalue weighted by Crippen LogP contribution is 2.25. The number of nitrogens with zero attached hydrogens (tertiary/aromatic N) is 2. The number of rotatable bonds is 4. The minimum absolute atomic E-state index is 0.270. The fourth-order valence-corrected chi connectivity index (χ4v) is 2.90. The molecule has 0 bridgehead atoms. The lowest BCUT2D eigenvalue weighted by molar-refractivity contribution is 0.619. The first-order valence-corrected chi connectivity index (χ1v) is 8.46. The summed E-state index contributed by atoms with van der Waals surface area (Å²) in [6.07, 6.45) is 3.42. The molecule has 128 valence electrons. The van der Waals surface area contributed by atoms with Crippen molar-refractivity contribution in [3.8, 4) is 0 Å². The molecule has 0 aliphatic heterocycles. The van der Waals surface area contributed by atoms with Gasteiger partial charge in [0.2, 0.25) is 0 Å². The predicted octanol–water partition coefficient (Wildman–Crippen LogP) is 5.19. The minimum atomic E-state index is -0.270. The van der Waals surface area contributed by atoms with E-state index in [1.54, 1.807) is 41.3 Å². The zero-order chi connectivity index (χ0) is 17.8. The Hall–Kier alpha value is -2.15. The van der Waals surface area contributed by atoms with Crippen LogP contribution in [-0.2, 0) is 6.54 Å². The third kappa shape index (κ3) is 4.92. The molecule has 0 saturated carbocycles. The van der Waals surface area contributed by atoms with E-state index in [9.17, 15) is 4.39 Å². The van der Waals surface area contributed by atoms with Gasteiger partial charge in [0.25, 0.3) is 0 Å². The lowest BCUT2D eigenvalue weighted by Crippen LogP contribution is -2.19. The molecular formula is C17H13Cl2FN4S. The van der Waals surface area contributed by atoms with Crippen molar-refractivity contribution in [1.29, 1.82) is 0 Å². The number of hydrogen-bond donors (Lipinski definition) is 2. The highest BCUT2D eigenvalue weighted by Gasteiger charge is 2.06. The van der Waals surface area contributed by atoms with Gasteiger partial charge in [-0.1, -0.05) is 35.3 Å². The highest BCUT2D eigenvalue weighted by molar-refractivity contribution is 7.80. The van der Waals surface area contributed by atoms with Crippen LogP contribution in [0.4, 0.5) is 15.8 Å². The fraction of sp³-hybridized carbons (Fsp3) is 0.0588. The molecule has 2 N–H and O–H groups in total. The summed E-state index contributed by atoms with van der Waals surface area (Å²) in [6, 6.07) is 11.5. The SMILES string of the molecule is Fc1cccc(Cn2cc(NC(=S)Nc3ccc(Cl)cc3Cl)cn2)c1. The van der Waals surface area contributed by atoms with Crippen LogP contribution in [0.1, 0.15) is 5.56 Å². The van der Waals surface area contributed by atoms with Crippen molar-refractivity contribution in [3.63, 3.8) is 0 Å². The van der Waals surface area contributed by atoms with Crippen molar-refractivity contribution in [2.45, 2.75) is 6.54 Å². The van der Waals surface area contributed by atoms with Gasteiger partial charge in [0.15, 0.2) is 5.11 Å². The van der Waals surface area contributed by atoms with Crippen molar-refractivity contribution in [2.75, 3.05) is 10.6 Å². The molecule has 1 aromatic heterocycles. The Morgan fingerprint density at radius 2 is 2.00 bits per heavy atom. The lowest BCUT2D eigenvalue weighted by atomic mass is 10.2. The average Bonchev–Trinajstić information content (AvgIpc) is 2.97. The Morgan fingerprint density at radius 1 is 1.16 bits per heavy atom. The second kappa shape index (κ2) is 7.82. The Morgan fingerprint density at radius 3 is 2.76 bits per heavy atom. The maximum absolute atomic E-state index is 13.2. The summed E-state index contributed by atoms with van der Waals surface area (Å²) in [5.74, 6) is -0.270. The number of anilines is 2. The number of aromatic nitrogens is 2. The van der Waals surface area contributed by atoms with Gasteiger partial charge in [-0.2, -0.15) is 5.10 Å². The molecule has 1 heterocycles. The maximum Gasteiger partial charge on any atom is 0.175 e. The molecule has 0 aliphatic rings. The van der Waals surface area contributed by atoms with Gasteiger partial charge < -0.3 is 10.6 Å². The molecule has 0 saturated heterocycles. The Balaban J connectivity index is 1.61. The summed E-state index contributed by atoms with van der Waals surface area (Å²) < 4.78 is 14.9. The quantitative estimate of drug-likeness (QED) is 0.597. The van der Waals surface area contributed by atoms with E-state index in [2.05, 4.69) is 15.7 Å². The maximum atomic E-state index is 13.2. The van der Waals surface area contributed by atoms with E-state index in [1.807, 2.05) is 6.07 Å². The van der Waals surface area contributed by atoms with Crippen LogP contribution in [0.5, 0.6) is 0 Å². The minimum Gasteiger partial charge on any atom is -0.331 e. The van der Waals surface area contributed by atoms with E-state index in [0.29, 0.717) is 33.1 Å². The number of halogens is 3. The molecule has 4 nitrogen and oxygen atoms in total. The van der Waals surface area contributed by atoms with E-state index in [-0.39, 0.29) is 5.82 Å². The van der Waals surface area contributed by atoms with Crippen LogP contribution in [0.25, 0.3) is 0 Å². The molecule has 8 heteroatoms. The molecule has 0 amide bonds. The van der Waals surface area contributed by atoms with Gasteiger partial charge in [0.1, 0.15) is 5.82 Å². The molecule has 25 heavy (non-hydrogen) atoms.